The average molecular weight is 747 g/mol. The second-order valence-electron chi connectivity index (χ2n) is 11.9. The van der Waals surface area contributed by atoms with Crippen LogP contribution in [-0.2, 0) is 22.8 Å². The summed E-state index contributed by atoms with van der Waals surface area (Å²) in [4.78, 5) is 59.0. The molecule has 0 atom stereocenters. The predicted molar refractivity (Wildman–Crippen MR) is 181 cm³/mol. The van der Waals surface area contributed by atoms with Crippen molar-refractivity contribution < 1.29 is 42.6 Å². The Hall–Kier alpha value is -5.53. The van der Waals surface area contributed by atoms with E-state index >= 15 is 0 Å². The smallest absolute Gasteiger partial charge is 0.435 e. The number of carbonyl (C=O) groups is 4. The van der Waals surface area contributed by atoms with Gasteiger partial charge in [0, 0.05) is 45.1 Å². The van der Waals surface area contributed by atoms with Crippen LogP contribution in [0.3, 0.4) is 0 Å². The second-order valence-corrected chi connectivity index (χ2v) is 12.3. The zero-order chi connectivity index (χ0) is 37.8. The first kappa shape index (κ1) is 37.7. The summed E-state index contributed by atoms with van der Waals surface area (Å²) in [5.74, 6) is -1.51. The molecule has 3 amide bonds. The van der Waals surface area contributed by atoms with E-state index in [0.717, 1.165) is 17.1 Å². The Morgan fingerprint density at radius 2 is 1.69 bits per heavy atom. The number of amides is 3. The van der Waals surface area contributed by atoms with Crippen LogP contribution in [0.2, 0.25) is 5.02 Å². The summed E-state index contributed by atoms with van der Waals surface area (Å²) < 4.78 is 44.2. The molecule has 3 aromatic heterocycles. The number of benzene rings is 1. The van der Waals surface area contributed by atoms with Crippen LogP contribution in [0.5, 0.6) is 0 Å². The number of carboxylic acid groups (broad SMARTS) is 1. The number of anilines is 2. The van der Waals surface area contributed by atoms with Crippen molar-refractivity contribution in [2.75, 3.05) is 50.3 Å². The molecule has 1 aromatic carbocycles. The number of nitrogen functional groups attached to an aromatic ring is 1. The van der Waals surface area contributed by atoms with Gasteiger partial charge in [0.2, 0.25) is 0 Å². The Kier molecular flexibility index (Phi) is 11.2. The van der Waals surface area contributed by atoms with Gasteiger partial charge in [-0.1, -0.05) is 11.6 Å². The number of nitrogens with two attached hydrogens (primary N) is 1. The minimum Gasteiger partial charge on any atom is -0.483 e. The fourth-order valence-corrected chi connectivity index (χ4v) is 6.14. The van der Waals surface area contributed by atoms with Gasteiger partial charge in [-0.15, -0.1) is 0 Å². The highest BCUT2D eigenvalue weighted by molar-refractivity contribution is 6.34. The summed E-state index contributed by atoms with van der Waals surface area (Å²) in [5.41, 5.74) is 3.43. The molecule has 0 aliphatic carbocycles. The number of imidazole rings is 1. The van der Waals surface area contributed by atoms with E-state index in [2.05, 4.69) is 25.7 Å². The van der Waals surface area contributed by atoms with Gasteiger partial charge in [0.1, 0.15) is 5.60 Å². The van der Waals surface area contributed by atoms with Gasteiger partial charge in [0.05, 0.1) is 39.9 Å². The minimum absolute atomic E-state index is 0.0233. The van der Waals surface area contributed by atoms with Gasteiger partial charge in [-0.2, -0.15) is 18.3 Å². The van der Waals surface area contributed by atoms with Crippen molar-refractivity contribution in [1.29, 1.82) is 0 Å². The van der Waals surface area contributed by atoms with Crippen LogP contribution in [0.1, 0.15) is 39.5 Å². The van der Waals surface area contributed by atoms with Crippen LogP contribution in [0.4, 0.5) is 24.5 Å². The van der Waals surface area contributed by atoms with Crippen molar-refractivity contribution in [3.63, 3.8) is 0 Å². The van der Waals surface area contributed by atoms with E-state index in [4.69, 9.17) is 27.2 Å². The number of halogens is 4. The summed E-state index contributed by atoms with van der Waals surface area (Å²) in [7, 11) is 1.39. The first-order valence-electron chi connectivity index (χ1n) is 15.8. The number of hydrogen-bond acceptors (Lipinski definition) is 10. The van der Waals surface area contributed by atoms with E-state index in [-0.39, 0.29) is 83.6 Å². The van der Waals surface area contributed by atoms with Crippen molar-refractivity contribution in [1.82, 2.24) is 39.4 Å². The predicted octanol–water partition coefficient (Wildman–Crippen LogP) is 2.27. The normalized spacial score (nSPS) is 15.7. The molecule has 0 saturated carbocycles. The number of hydrogen-bond donors (Lipinski definition) is 5. The first-order chi connectivity index (χ1) is 24.7. The van der Waals surface area contributed by atoms with Gasteiger partial charge in [-0.05, 0) is 56.3 Å². The van der Waals surface area contributed by atoms with E-state index in [9.17, 15) is 32.7 Å². The van der Waals surface area contributed by atoms with Gasteiger partial charge in [0.25, 0.3) is 24.2 Å². The molecule has 0 bridgehead atoms. The maximum atomic E-state index is 14.0. The number of pyridine rings is 1. The molecule has 20 heteroatoms. The van der Waals surface area contributed by atoms with Crippen molar-refractivity contribution in [2.45, 2.75) is 24.6 Å². The SMILES string of the molecule is Cn1c(-c2cn(-c3ccc(N)cn3)nc2C(F)(F)F)cnc1C(=O)Nc1ccc(C(=O)N2CCN(C(=O)C3(O)CCNCC3)CC2)c(Cl)c1.O=CO. The summed E-state index contributed by atoms with van der Waals surface area (Å²) >= 11 is 6.46. The van der Waals surface area contributed by atoms with Crippen LogP contribution >= 0.6 is 11.6 Å². The minimum atomic E-state index is -4.82. The van der Waals surface area contributed by atoms with E-state index in [0.29, 0.717) is 31.6 Å². The maximum absolute atomic E-state index is 14.0. The van der Waals surface area contributed by atoms with Crippen molar-refractivity contribution in [3.05, 3.63) is 71.0 Å². The molecule has 276 valence electrons. The fraction of sp³-hybridized carbons (Fsp3) is 0.344. The Labute approximate surface area is 299 Å². The third-order valence-corrected chi connectivity index (χ3v) is 8.91. The van der Waals surface area contributed by atoms with Gasteiger partial charge in [0.15, 0.2) is 17.3 Å². The molecule has 52 heavy (non-hydrogen) atoms. The fourth-order valence-electron chi connectivity index (χ4n) is 5.88. The van der Waals surface area contributed by atoms with E-state index in [1.54, 1.807) is 9.80 Å². The van der Waals surface area contributed by atoms with Crippen LogP contribution in [0.25, 0.3) is 17.1 Å². The molecule has 5 heterocycles. The van der Waals surface area contributed by atoms with E-state index in [1.807, 2.05) is 0 Å². The standard InChI is InChI=1S/C31H32ClF3N10O4.CH2O2/c1-42-23(21-17-45(41-25(21)31(33,34)35)24-5-2-18(36)15-38-24)16-39-26(42)27(46)40-19-3-4-20(22(32)14-19)28(47)43-10-12-44(13-11-43)29(48)30(49)6-8-37-9-7-30;2-1-3/h2-5,14-17,37,49H,6-13,36H2,1H3,(H,40,46);1H,(H,2,3). The molecule has 2 fully saturated rings. The number of aromatic nitrogens is 5. The molecule has 0 spiro atoms. The summed E-state index contributed by atoms with van der Waals surface area (Å²) in [6.45, 7) is 1.89. The lowest BCUT2D eigenvalue weighted by atomic mass is 9.90. The lowest BCUT2D eigenvalue weighted by Crippen LogP contribution is -2.59. The monoisotopic (exact) mass is 746 g/mol. The van der Waals surface area contributed by atoms with Gasteiger partial charge < -0.3 is 40.9 Å². The van der Waals surface area contributed by atoms with Crippen LogP contribution in [0, 0.1) is 0 Å². The highest BCUT2D eigenvalue weighted by atomic mass is 35.5. The number of aliphatic hydroxyl groups is 1. The maximum Gasteiger partial charge on any atom is 0.435 e. The Morgan fingerprint density at radius 3 is 2.29 bits per heavy atom. The molecule has 4 aromatic rings. The topological polar surface area (TPSA) is 214 Å². The summed E-state index contributed by atoms with van der Waals surface area (Å²) in [6.07, 6.45) is -0.589. The molecule has 6 N–H and O–H groups in total. The number of nitrogens with one attached hydrogen (secondary N) is 2. The molecular formula is C32H34ClF3N10O6. The number of nitrogens with zero attached hydrogens (tertiary/aromatic N) is 7. The molecule has 0 unspecified atom stereocenters. The average Bonchev–Trinajstić information content (AvgIpc) is 3.73. The largest absolute Gasteiger partial charge is 0.483 e. The van der Waals surface area contributed by atoms with Crippen LogP contribution in [0.15, 0.2) is 48.9 Å². The quantitative estimate of drug-likeness (QED) is 0.181. The Bertz CT molecular complexity index is 1950. The van der Waals surface area contributed by atoms with Crippen molar-refractivity contribution in [2.24, 2.45) is 7.05 Å². The lowest BCUT2D eigenvalue weighted by Gasteiger charge is -2.40. The number of rotatable bonds is 6. The zero-order valence-electron chi connectivity index (χ0n) is 27.6. The number of alkyl halides is 3. The second kappa shape index (κ2) is 15.4. The van der Waals surface area contributed by atoms with E-state index < -0.39 is 23.4 Å². The number of piperazine rings is 1. The molecule has 2 aliphatic rings. The van der Waals surface area contributed by atoms with Crippen molar-refractivity contribution >= 4 is 47.2 Å². The van der Waals surface area contributed by atoms with Crippen LogP contribution in [-0.4, -0.2) is 113 Å². The molecular weight excluding hydrogens is 713 g/mol. The highest BCUT2D eigenvalue weighted by Crippen LogP contribution is 2.37. The Morgan fingerprint density at radius 1 is 1.04 bits per heavy atom. The third-order valence-electron chi connectivity index (χ3n) is 8.60. The number of carbonyl (C=O) groups excluding carboxylic acids is 3. The molecule has 16 nitrogen and oxygen atoms in total. The highest BCUT2D eigenvalue weighted by Gasteiger charge is 2.41. The molecule has 6 rings (SSSR count). The van der Waals surface area contributed by atoms with Crippen LogP contribution < -0.4 is 16.4 Å². The van der Waals surface area contributed by atoms with Gasteiger partial charge >= 0.3 is 6.18 Å². The molecule has 2 aliphatic heterocycles. The van der Waals surface area contributed by atoms with E-state index in [1.165, 1.54) is 48.1 Å². The summed E-state index contributed by atoms with van der Waals surface area (Å²) in [6, 6.07) is 7.21. The number of piperidine rings is 1. The molecule has 0 radical (unpaired) electrons. The van der Waals surface area contributed by atoms with Gasteiger partial charge in [-0.3, -0.25) is 19.2 Å². The summed E-state index contributed by atoms with van der Waals surface area (Å²) in [5, 5.41) is 27.2. The first-order valence-corrected chi connectivity index (χ1v) is 16.2. The zero-order valence-corrected chi connectivity index (χ0v) is 28.4. The Balaban J connectivity index is 0.00000168. The molecule has 2 saturated heterocycles. The van der Waals surface area contributed by atoms with Gasteiger partial charge in [-0.25, -0.2) is 14.6 Å². The lowest BCUT2D eigenvalue weighted by molar-refractivity contribution is -0.155. The third kappa shape index (κ3) is 8.00. The van der Waals surface area contributed by atoms with Crippen molar-refractivity contribution in [3.8, 4) is 17.1 Å².